The van der Waals surface area contributed by atoms with Crippen molar-refractivity contribution in [3.8, 4) is 28.7 Å². The molecular weight excluding hydrogens is 245 g/mol. The first kappa shape index (κ1) is 11.5. The fourth-order valence-electron chi connectivity index (χ4n) is 2.05. The molecule has 0 fully saturated rings. The van der Waals surface area contributed by atoms with Gasteiger partial charge in [-0.3, -0.25) is 0 Å². The molecule has 3 rings (SSSR count). The molecule has 4 heteroatoms. The van der Waals surface area contributed by atoms with Gasteiger partial charge in [0.05, 0.1) is 5.56 Å². The predicted octanol–water partition coefficient (Wildman–Crippen LogP) is 3.14. The van der Waals surface area contributed by atoms with Crippen molar-refractivity contribution in [2.24, 2.45) is 0 Å². The van der Waals surface area contributed by atoms with Crippen LogP contribution in [0, 0.1) is 17.1 Å². The van der Waals surface area contributed by atoms with E-state index in [0.29, 0.717) is 35.8 Å². The molecule has 19 heavy (non-hydrogen) atoms. The molecule has 0 saturated heterocycles. The molecule has 3 nitrogen and oxygen atoms in total. The fraction of sp³-hybridized carbons (Fsp3) is 0.133. The Morgan fingerprint density at radius 1 is 1.05 bits per heavy atom. The number of rotatable bonds is 1. The Morgan fingerprint density at radius 2 is 1.84 bits per heavy atom. The molecule has 0 atom stereocenters. The van der Waals surface area contributed by atoms with Crippen LogP contribution in [0.2, 0.25) is 0 Å². The van der Waals surface area contributed by atoms with E-state index in [1.807, 2.05) is 6.07 Å². The predicted molar refractivity (Wildman–Crippen MR) is 67.5 cm³/mol. The lowest BCUT2D eigenvalue weighted by Crippen LogP contribution is -2.15. The highest BCUT2D eigenvalue weighted by Crippen LogP contribution is 2.35. The molecule has 0 saturated carbocycles. The van der Waals surface area contributed by atoms with Crippen LogP contribution >= 0.6 is 0 Å². The zero-order valence-corrected chi connectivity index (χ0v) is 10.0. The molecule has 0 spiro atoms. The zero-order chi connectivity index (χ0) is 13.2. The SMILES string of the molecule is N#Cc1cccc(-c2ccc3c(c2)OCCO3)c1F. The minimum Gasteiger partial charge on any atom is -0.486 e. The van der Waals surface area contributed by atoms with Crippen molar-refractivity contribution >= 4 is 0 Å². The van der Waals surface area contributed by atoms with Gasteiger partial charge in [0, 0.05) is 5.56 Å². The van der Waals surface area contributed by atoms with Crippen LogP contribution in [-0.2, 0) is 0 Å². The monoisotopic (exact) mass is 255 g/mol. The third kappa shape index (κ3) is 2.00. The second-order valence-corrected chi connectivity index (χ2v) is 4.14. The average molecular weight is 255 g/mol. The van der Waals surface area contributed by atoms with Gasteiger partial charge < -0.3 is 9.47 Å². The minimum atomic E-state index is -0.512. The molecule has 2 aromatic rings. The molecule has 1 heterocycles. The summed E-state index contributed by atoms with van der Waals surface area (Å²) in [5.74, 6) is 0.749. The van der Waals surface area contributed by atoms with Crippen LogP contribution in [0.4, 0.5) is 4.39 Å². The first-order chi connectivity index (χ1) is 9.29. The second-order valence-electron chi connectivity index (χ2n) is 4.14. The minimum absolute atomic E-state index is 0.0346. The van der Waals surface area contributed by atoms with Crippen LogP contribution in [0.3, 0.4) is 0 Å². The third-order valence-corrected chi connectivity index (χ3v) is 2.97. The van der Waals surface area contributed by atoms with Gasteiger partial charge >= 0.3 is 0 Å². The average Bonchev–Trinajstić information content (AvgIpc) is 2.47. The quantitative estimate of drug-likeness (QED) is 0.786. The summed E-state index contributed by atoms with van der Waals surface area (Å²) < 4.78 is 25.0. The maximum atomic E-state index is 14.1. The molecule has 1 aliphatic rings. The lowest BCUT2D eigenvalue weighted by Gasteiger charge is -2.19. The molecule has 0 amide bonds. The summed E-state index contributed by atoms with van der Waals surface area (Å²) in [5.41, 5.74) is 1.09. The normalized spacial score (nSPS) is 12.8. The highest BCUT2D eigenvalue weighted by Gasteiger charge is 2.15. The Bertz CT molecular complexity index is 676. The Kier molecular flexibility index (Phi) is 2.81. The van der Waals surface area contributed by atoms with E-state index in [1.54, 1.807) is 30.3 Å². The molecular formula is C15H10FNO2. The number of hydrogen-bond acceptors (Lipinski definition) is 3. The van der Waals surface area contributed by atoms with E-state index in [0.717, 1.165) is 0 Å². The maximum absolute atomic E-state index is 14.1. The fourth-order valence-corrected chi connectivity index (χ4v) is 2.05. The third-order valence-electron chi connectivity index (χ3n) is 2.97. The number of hydrogen-bond donors (Lipinski definition) is 0. The summed E-state index contributed by atoms with van der Waals surface area (Å²) in [6.45, 7) is 1.00. The van der Waals surface area contributed by atoms with Crippen LogP contribution < -0.4 is 9.47 Å². The van der Waals surface area contributed by atoms with Gasteiger partial charge in [0.15, 0.2) is 11.5 Å². The van der Waals surface area contributed by atoms with Gasteiger partial charge in [-0.25, -0.2) is 4.39 Å². The van der Waals surface area contributed by atoms with E-state index >= 15 is 0 Å². The van der Waals surface area contributed by atoms with Gasteiger partial charge in [0.2, 0.25) is 0 Å². The van der Waals surface area contributed by atoms with Crippen LogP contribution in [0.5, 0.6) is 11.5 Å². The van der Waals surface area contributed by atoms with Crippen molar-refractivity contribution < 1.29 is 13.9 Å². The summed E-state index contributed by atoms with van der Waals surface area (Å²) >= 11 is 0. The highest BCUT2D eigenvalue weighted by molar-refractivity contribution is 5.69. The van der Waals surface area contributed by atoms with Gasteiger partial charge in [-0.2, -0.15) is 5.26 Å². The van der Waals surface area contributed by atoms with Crippen LogP contribution in [0.1, 0.15) is 5.56 Å². The zero-order valence-electron chi connectivity index (χ0n) is 10.0. The summed E-state index contributed by atoms with van der Waals surface area (Å²) in [6, 6.07) is 11.8. The lowest BCUT2D eigenvalue weighted by molar-refractivity contribution is 0.171. The van der Waals surface area contributed by atoms with E-state index in [2.05, 4.69) is 0 Å². The molecule has 1 aliphatic heterocycles. The van der Waals surface area contributed by atoms with Gasteiger partial charge in [0.1, 0.15) is 25.1 Å². The molecule has 2 aromatic carbocycles. The van der Waals surface area contributed by atoms with E-state index in [4.69, 9.17) is 14.7 Å². The van der Waals surface area contributed by atoms with E-state index in [1.165, 1.54) is 6.07 Å². The number of halogens is 1. The molecule has 0 bridgehead atoms. The van der Waals surface area contributed by atoms with Gasteiger partial charge in [-0.05, 0) is 23.8 Å². The van der Waals surface area contributed by atoms with Crippen LogP contribution in [-0.4, -0.2) is 13.2 Å². The smallest absolute Gasteiger partial charge is 0.161 e. The Balaban J connectivity index is 2.10. The van der Waals surface area contributed by atoms with Crippen molar-refractivity contribution in [1.82, 2.24) is 0 Å². The Labute approximate surface area is 109 Å². The number of fused-ring (bicyclic) bond motifs is 1. The molecule has 0 aromatic heterocycles. The summed E-state index contributed by atoms with van der Waals surface area (Å²) in [5, 5.41) is 8.85. The van der Waals surface area contributed by atoms with E-state index in [-0.39, 0.29) is 5.56 Å². The second kappa shape index (κ2) is 4.62. The van der Waals surface area contributed by atoms with Crippen molar-refractivity contribution in [1.29, 1.82) is 5.26 Å². The first-order valence-corrected chi connectivity index (χ1v) is 5.88. The summed E-state index contributed by atoms with van der Waals surface area (Å²) in [6.07, 6.45) is 0. The van der Waals surface area contributed by atoms with Crippen molar-refractivity contribution in [2.75, 3.05) is 13.2 Å². The highest BCUT2D eigenvalue weighted by atomic mass is 19.1. The number of benzene rings is 2. The molecule has 0 N–H and O–H groups in total. The lowest BCUT2D eigenvalue weighted by atomic mass is 10.0. The molecule has 94 valence electrons. The van der Waals surface area contributed by atoms with E-state index in [9.17, 15) is 4.39 Å². The Morgan fingerprint density at radius 3 is 2.63 bits per heavy atom. The van der Waals surface area contributed by atoms with Crippen LogP contribution in [0.15, 0.2) is 36.4 Å². The number of nitriles is 1. The van der Waals surface area contributed by atoms with Gasteiger partial charge in [0.25, 0.3) is 0 Å². The standard InChI is InChI=1S/C15H10FNO2/c16-15-11(9-17)2-1-3-12(15)10-4-5-13-14(8-10)19-7-6-18-13/h1-5,8H,6-7H2. The molecule has 0 aliphatic carbocycles. The largest absolute Gasteiger partial charge is 0.486 e. The van der Waals surface area contributed by atoms with Gasteiger partial charge in [-0.15, -0.1) is 0 Å². The topological polar surface area (TPSA) is 42.2 Å². The van der Waals surface area contributed by atoms with Crippen molar-refractivity contribution in [3.05, 3.63) is 47.8 Å². The summed E-state index contributed by atoms with van der Waals surface area (Å²) in [4.78, 5) is 0. The summed E-state index contributed by atoms with van der Waals surface area (Å²) in [7, 11) is 0. The maximum Gasteiger partial charge on any atom is 0.161 e. The van der Waals surface area contributed by atoms with Gasteiger partial charge in [-0.1, -0.05) is 18.2 Å². The van der Waals surface area contributed by atoms with Crippen molar-refractivity contribution in [3.63, 3.8) is 0 Å². The van der Waals surface area contributed by atoms with E-state index < -0.39 is 5.82 Å². The van der Waals surface area contributed by atoms with Crippen molar-refractivity contribution in [2.45, 2.75) is 0 Å². The number of ether oxygens (including phenoxy) is 2. The molecule has 0 unspecified atom stereocenters. The number of nitrogens with zero attached hydrogens (tertiary/aromatic N) is 1. The molecule has 0 radical (unpaired) electrons. The Hall–Kier alpha value is -2.54. The first-order valence-electron chi connectivity index (χ1n) is 5.88. The van der Waals surface area contributed by atoms with Crippen LogP contribution in [0.25, 0.3) is 11.1 Å².